The molecule has 1 saturated heterocycles. The lowest BCUT2D eigenvalue weighted by Gasteiger charge is -2.23. The summed E-state index contributed by atoms with van der Waals surface area (Å²) in [5.41, 5.74) is -0.467. The third-order valence-corrected chi connectivity index (χ3v) is 6.25. The van der Waals surface area contributed by atoms with E-state index in [1.165, 1.54) is 7.11 Å². The molecule has 15 heteroatoms. The number of nitrogens with zero attached hydrogens (tertiary/aromatic N) is 2. The Labute approximate surface area is 240 Å². The zero-order valence-corrected chi connectivity index (χ0v) is 23.0. The van der Waals surface area contributed by atoms with Crippen LogP contribution >= 0.6 is 0 Å². The lowest BCUT2D eigenvalue weighted by atomic mass is 10.1. The highest BCUT2D eigenvalue weighted by Gasteiger charge is 2.60. The second kappa shape index (κ2) is 15.9. The minimum absolute atomic E-state index is 0.000162. The highest BCUT2D eigenvalue weighted by atomic mass is 19.3. The number of amides is 2. The van der Waals surface area contributed by atoms with Gasteiger partial charge in [-0.1, -0.05) is 31.0 Å². The van der Waals surface area contributed by atoms with E-state index in [1.54, 1.807) is 12.1 Å². The Morgan fingerprint density at radius 1 is 1.02 bits per heavy atom. The van der Waals surface area contributed by atoms with Crippen molar-refractivity contribution in [2.45, 2.75) is 62.9 Å². The fourth-order valence-electron chi connectivity index (χ4n) is 4.09. The maximum Gasteiger partial charge on any atom is 0.412 e. The summed E-state index contributed by atoms with van der Waals surface area (Å²) in [6, 6.07) is 10.1. The average molecular weight is 597 g/mol. The van der Waals surface area contributed by atoms with Gasteiger partial charge in [-0.05, 0) is 31.0 Å². The van der Waals surface area contributed by atoms with E-state index < -0.39 is 54.5 Å². The van der Waals surface area contributed by atoms with Crippen molar-refractivity contribution >= 4 is 29.5 Å². The smallest absolute Gasteiger partial charge is 0.412 e. The Bertz CT molecular complexity index is 1250. The van der Waals surface area contributed by atoms with Crippen molar-refractivity contribution in [1.29, 1.82) is 0 Å². The number of rotatable bonds is 15. The molecule has 1 aromatic carbocycles. The average Bonchev–Trinajstić information content (AvgIpc) is 3.18. The van der Waals surface area contributed by atoms with Crippen LogP contribution in [0.4, 0.5) is 25.1 Å². The van der Waals surface area contributed by atoms with E-state index in [9.17, 15) is 24.3 Å². The Morgan fingerprint density at radius 2 is 1.74 bits per heavy atom. The molecule has 1 aliphatic rings. The van der Waals surface area contributed by atoms with Crippen LogP contribution in [0.5, 0.6) is 0 Å². The first-order valence-corrected chi connectivity index (χ1v) is 13.4. The maximum absolute atomic E-state index is 15.0. The van der Waals surface area contributed by atoms with Crippen LogP contribution in [-0.2, 0) is 28.5 Å². The number of anilines is 2. The summed E-state index contributed by atoms with van der Waals surface area (Å²) in [6.07, 6.45) is -3.75. The molecule has 0 bridgehead atoms. The molecule has 0 spiro atoms. The Hall–Kier alpha value is -3.95. The first-order valence-electron chi connectivity index (χ1n) is 13.4. The number of methoxy groups -OCH3 is 1. The molecular formula is C27H34F2N4O9. The van der Waals surface area contributed by atoms with Crippen LogP contribution < -0.4 is 16.3 Å². The van der Waals surface area contributed by atoms with Crippen molar-refractivity contribution in [3.05, 3.63) is 53.1 Å². The second-order valence-electron chi connectivity index (χ2n) is 9.39. The van der Waals surface area contributed by atoms with Crippen LogP contribution in [0.15, 0.2) is 47.4 Å². The number of hydrogen-bond donors (Lipinski definition) is 3. The fourth-order valence-corrected chi connectivity index (χ4v) is 4.09. The molecule has 0 radical (unpaired) electrons. The van der Waals surface area contributed by atoms with Gasteiger partial charge >= 0.3 is 23.7 Å². The van der Waals surface area contributed by atoms with Gasteiger partial charge in [-0.15, -0.1) is 0 Å². The molecule has 0 saturated carbocycles. The van der Waals surface area contributed by atoms with Crippen molar-refractivity contribution in [3.8, 4) is 0 Å². The summed E-state index contributed by atoms with van der Waals surface area (Å²) >= 11 is 0. The second-order valence-corrected chi connectivity index (χ2v) is 9.39. The molecule has 13 nitrogen and oxygen atoms in total. The molecule has 2 amide bonds. The third kappa shape index (κ3) is 9.29. The first-order chi connectivity index (χ1) is 20.1. The van der Waals surface area contributed by atoms with Gasteiger partial charge in [0.25, 0.3) is 0 Å². The molecule has 3 rings (SSSR count). The molecule has 2 heterocycles. The van der Waals surface area contributed by atoms with E-state index in [-0.39, 0.29) is 25.5 Å². The number of carbonyl (C=O) groups excluding carboxylic acids is 3. The number of esters is 1. The van der Waals surface area contributed by atoms with Gasteiger partial charge in [0.15, 0.2) is 6.10 Å². The third-order valence-electron chi connectivity index (χ3n) is 6.25. The highest BCUT2D eigenvalue weighted by molar-refractivity contribution is 5.90. The summed E-state index contributed by atoms with van der Waals surface area (Å²) < 4.78 is 50.3. The summed E-state index contributed by atoms with van der Waals surface area (Å²) in [7, 11) is 1.39. The summed E-state index contributed by atoms with van der Waals surface area (Å²) in [5.74, 6) is -5.21. The number of alkyl halides is 2. The monoisotopic (exact) mass is 596 g/mol. The number of para-hydroxylation sites is 1. The number of carbonyl (C=O) groups is 3. The molecule has 2 aromatic rings. The summed E-state index contributed by atoms with van der Waals surface area (Å²) in [5, 5.41) is 15.2. The van der Waals surface area contributed by atoms with Gasteiger partial charge in [0.2, 0.25) is 12.1 Å². The number of ether oxygens (including phenoxy) is 4. The SMILES string of the molecule is COCCOC(=O)Nc1ccnc(=O)n1[C@@H]1O[C@H](COC(=O)CCCCCCC(=O)Nc2ccccc2)[C@@H](O)C1(F)F. The van der Waals surface area contributed by atoms with Crippen molar-refractivity contribution in [2.24, 2.45) is 0 Å². The van der Waals surface area contributed by atoms with Gasteiger partial charge < -0.3 is 29.4 Å². The number of aromatic nitrogens is 2. The fraction of sp³-hybridized carbons (Fsp3) is 0.519. The predicted octanol–water partition coefficient (Wildman–Crippen LogP) is 2.85. The molecule has 0 unspecified atom stereocenters. The molecule has 230 valence electrons. The van der Waals surface area contributed by atoms with Crippen LogP contribution in [0, 0.1) is 0 Å². The van der Waals surface area contributed by atoms with Gasteiger partial charge in [-0.25, -0.2) is 19.1 Å². The highest BCUT2D eigenvalue weighted by Crippen LogP contribution is 2.43. The molecule has 1 fully saturated rings. The van der Waals surface area contributed by atoms with Crippen LogP contribution in [-0.4, -0.2) is 77.7 Å². The number of aliphatic hydroxyl groups is 1. The molecule has 1 aromatic heterocycles. The number of unbranched alkanes of at least 4 members (excludes halogenated alkanes) is 3. The van der Waals surface area contributed by atoms with E-state index in [2.05, 4.69) is 15.6 Å². The Kier molecular flexibility index (Phi) is 12.3. The number of nitrogens with one attached hydrogen (secondary N) is 2. The number of hydrogen-bond acceptors (Lipinski definition) is 10. The van der Waals surface area contributed by atoms with Crippen LogP contribution in [0.3, 0.4) is 0 Å². The van der Waals surface area contributed by atoms with Gasteiger partial charge in [0, 0.05) is 31.8 Å². The van der Waals surface area contributed by atoms with E-state index in [4.69, 9.17) is 18.9 Å². The van der Waals surface area contributed by atoms with E-state index >= 15 is 8.78 Å². The number of halogens is 2. The largest absolute Gasteiger partial charge is 0.463 e. The van der Waals surface area contributed by atoms with Crippen LogP contribution in [0.1, 0.15) is 44.8 Å². The van der Waals surface area contributed by atoms with E-state index in [0.29, 0.717) is 42.4 Å². The number of aliphatic hydroxyl groups excluding tert-OH is 1. The molecule has 3 atom stereocenters. The van der Waals surface area contributed by atoms with Gasteiger partial charge in [0.1, 0.15) is 25.1 Å². The first kappa shape index (κ1) is 32.6. The van der Waals surface area contributed by atoms with Crippen molar-refractivity contribution in [3.63, 3.8) is 0 Å². The maximum atomic E-state index is 15.0. The number of benzene rings is 1. The lowest BCUT2D eigenvalue weighted by molar-refractivity contribution is -0.150. The predicted molar refractivity (Wildman–Crippen MR) is 144 cm³/mol. The van der Waals surface area contributed by atoms with Crippen LogP contribution in [0.25, 0.3) is 0 Å². The van der Waals surface area contributed by atoms with Crippen molar-refractivity contribution in [2.75, 3.05) is 37.6 Å². The molecule has 0 aliphatic carbocycles. The minimum Gasteiger partial charge on any atom is -0.463 e. The quantitative estimate of drug-likeness (QED) is 0.205. The normalized spacial score (nSPS) is 19.2. The standard InChI is InChI=1S/C27H34F2N4O9/c1-39-15-16-40-26(38)32-20-13-14-30-25(37)33(20)24-27(28,29)23(36)19(42-24)17-41-22(35)12-8-3-2-7-11-21(34)31-18-9-5-4-6-10-18/h4-6,9-10,13-14,19,23-24,36H,2-3,7-8,11-12,15-17H2,1H3,(H,31,34)(H,32,38)/t19-,23-,24-/m1/s1. The van der Waals surface area contributed by atoms with E-state index in [0.717, 1.165) is 12.3 Å². The topological polar surface area (TPSA) is 167 Å². The molecule has 3 N–H and O–H groups in total. The van der Waals surface area contributed by atoms with Gasteiger partial charge in [0.05, 0.1) is 6.61 Å². The molecule has 1 aliphatic heterocycles. The lowest BCUT2D eigenvalue weighted by Crippen LogP contribution is -2.42. The zero-order chi connectivity index (χ0) is 30.5. The summed E-state index contributed by atoms with van der Waals surface area (Å²) in [4.78, 5) is 51.9. The Balaban J connectivity index is 1.44. The van der Waals surface area contributed by atoms with Crippen molar-refractivity contribution < 1.29 is 47.2 Å². The van der Waals surface area contributed by atoms with E-state index in [1.807, 2.05) is 18.2 Å². The zero-order valence-electron chi connectivity index (χ0n) is 23.0. The Morgan fingerprint density at radius 3 is 2.45 bits per heavy atom. The van der Waals surface area contributed by atoms with Gasteiger partial charge in [-0.3, -0.25) is 14.9 Å². The van der Waals surface area contributed by atoms with Crippen molar-refractivity contribution in [1.82, 2.24) is 9.55 Å². The van der Waals surface area contributed by atoms with Crippen LogP contribution in [0.2, 0.25) is 0 Å². The molecular weight excluding hydrogens is 562 g/mol. The minimum atomic E-state index is -4.01. The summed E-state index contributed by atoms with van der Waals surface area (Å²) in [6.45, 7) is -0.741. The molecule has 42 heavy (non-hydrogen) atoms. The van der Waals surface area contributed by atoms with Gasteiger partial charge in [-0.2, -0.15) is 8.78 Å².